The van der Waals surface area contributed by atoms with Gasteiger partial charge in [0.25, 0.3) is 0 Å². The zero-order valence-electron chi connectivity index (χ0n) is 12.9. The summed E-state index contributed by atoms with van der Waals surface area (Å²) in [5.74, 6) is 0.932. The first-order valence-corrected chi connectivity index (χ1v) is 9.70. The molecule has 0 spiro atoms. The van der Waals surface area contributed by atoms with Crippen molar-refractivity contribution >= 4 is 18.5 Å². The maximum absolute atomic E-state index is 2.39. The third kappa shape index (κ3) is 3.38. The third-order valence-corrected chi connectivity index (χ3v) is 7.92. The van der Waals surface area contributed by atoms with Gasteiger partial charge in [-0.1, -0.05) is 80.4 Å². The van der Waals surface area contributed by atoms with E-state index in [4.69, 9.17) is 0 Å². The van der Waals surface area contributed by atoms with Gasteiger partial charge in [0.2, 0.25) is 0 Å². The molecule has 0 heterocycles. The summed E-state index contributed by atoms with van der Waals surface area (Å²) in [5.41, 5.74) is 0.840. The van der Waals surface area contributed by atoms with Gasteiger partial charge in [0.15, 0.2) is 0 Å². The molecule has 0 nitrogen and oxygen atoms in total. The topological polar surface area (TPSA) is 0 Å². The third-order valence-electron chi connectivity index (χ3n) is 4.76. The van der Waals surface area contributed by atoms with Gasteiger partial charge >= 0.3 is 0 Å². The van der Waals surface area contributed by atoms with Crippen molar-refractivity contribution in [3.63, 3.8) is 0 Å². The molecule has 2 aromatic rings. The minimum atomic E-state index is -0.225. The van der Waals surface area contributed by atoms with Crippen LogP contribution in [0.2, 0.25) is 0 Å². The monoisotopic (exact) mass is 296 g/mol. The maximum Gasteiger partial charge on any atom is -0.0103 e. The average molecular weight is 296 g/mol. The van der Waals surface area contributed by atoms with E-state index in [1.807, 2.05) is 0 Å². The van der Waals surface area contributed by atoms with Gasteiger partial charge in [-0.05, 0) is 49.4 Å². The Morgan fingerprint density at radius 2 is 1.33 bits per heavy atom. The summed E-state index contributed by atoms with van der Waals surface area (Å²) >= 11 is 0. The highest BCUT2D eigenvalue weighted by molar-refractivity contribution is 7.73. The zero-order chi connectivity index (χ0) is 14.5. The summed E-state index contributed by atoms with van der Waals surface area (Å²) in [6.07, 6.45) is 7.07. The molecule has 0 radical (unpaired) electrons. The Bertz CT molecular complexity index is 489. The number of hydrogen-bond acceptors (Lipinski definition) is 0. The number of hydrogen-bond donors (Lipinski definition) is 0. The highest BCUT2D eigenvalue weighted by atomic mass is 31.1. The molecule has 0 amide bonds. The van der Waals surface area contributed by atoms with Crippen molar-refractivity contribution in [3.05, 3.63) is 60.7 Å². The Kier molecular flexibility index (Phi) is 5.09. The Hall–Kier alpha value is -1.13. The van der Waals surface area contributed by atoms with Crippen LogP contribution in [0.5, 0.6) is 0 Å². The predicted octanol–water partition coefficient (Wildman–Crippen LogP) is 5.09. The second-order valence-corrected chi connectivity index (χ2v) is 8.50. The average Bonchev–Trinajstić information content (AvgIpc) is 3.08. The zero-order valence-corrected chi connectivity index (χ0v) is 13.8. The molecule has 0 N–H and O–H groups in total. The van der Waals surface area contributed by atoms with Crippen molar-refractivity contribution in [3.8, 4) is 0 Å². The predicted molar refractivity (Wildman–Crippen MR) is 95.1 cm³/mol. The van der Waals surface area contributed by atoms with Gasteiger partial charge in [-0.25, -0.2) is 0 Å². The Balaban J connectivity index is 1.98. The molecular weight excluding hydrogens is 271 g/mol. The lowest BCUT2D eigenvalue weighted by molar-refractivity contribution is 0.508. The van der Waals surface area contributed by atoms with E-state index in [1.165, 1.54) is 32.1 Å². The van der Waals surface area contributed by atoms with Crippen molar-refractivity contribution < 1.29 is 0 Å². The van der Waals surface area contributed by atoms with Crippen LogP contribution >= 0.6 is 7.92 Å². The normalized spacial score (nSPS) is 17.2. The Morgan fingerprint density at radius 3 is 1.76 bits per heavy atom. The van der Waals surface area contributed by atoms with E-state index in [2.05, 4.69) is 67.6 Å². The first kappa shape index (κ1) is 14.8. The fourth-order valence-corrected chi connectivity index (χ4v) is 6.91. The lowest BCUT2D eigenvalue weighted by Crippen LogP contribution is -2.26. The van der Waals surface area contributed by atoms with Gasteiger partial charge in [0.1, 0.15) is 0 Å². The van der Waals surface area contributed by atoms with Crippen molar-refractivity contribution in [2.75, 3.05) is 0 Å². The van der Waals surface area contributed by atoms with E-state index in [0.717, 1.165) is 11.6 Å². The van der Waals surface area contributed by atoms with Crippen LogP contribution in [0.1, 0.15) is 39.0 Å². The van der Waals surface area contributed by atoms with Gasteiger partial charge in [-0.15, -0.1) is 0 Å². The van der Waals surface area contributed by atoms with Crippen LogP contribution in [0.4, 0.5) is 0 Å². The molecule has 1 atom stereocenters. The smallest absolute Gasteiger partial charge is 0.0103 e. The Labute approximate surface area is 130 Å². The highest BCUT2D eigenvalue weighted by Gasteiger charge is 2.31. The first-order valence-electron chi connectivity index (χ1n) is 8.29. The summed E-state index contributed by atoms with van der Waals surface area (Å²) in [5, 5.41) is 3.11. The van der Waals surface area contributed by atoms with Gasteiger partial charge in [0.05, 0.1) is 0 Å². The molecule has 1 heteroatoms. The van der Waals surface area contributed by atoms with Crippen LogP contribution in [0.15, 0.2) is 60.7 Å². The van der Waals surface area contributed by atoms with E-state index in [-0.39, 0.29) is 7.92 Å². The summed E-state index contributed by atoms with van der Waals surface area (Å²) in [6.45, 7) is 2.39. The quantitative estimate of drug-likeness (QED) is 0.674. The van der Waals surface area contributed by atoms with E-state index < -0.39 is 0 Å². The molecule has 0 bridgehead atoms. The van der Waals surface area contributed by atoms with E-state index >= 15 is 0 Å². The van der Waals surface area contributed by atoms with Crippen molar-refractivity contribution in [1.82, 2.24) is 0 Å². The van der Waals surface area contributed by atoms with Crippen LogP contribution in [-0.4, -0.2) is 5.66 Å². The van der Waals surface area contributed by atoms with Gasteiger partial charge in [-0.3, -0.25) is 0 Å². The van der Waals surface area contributed by atoms with Crippen LogP contribution in [0.3, 0.4) is 0 Å². The van der Waals surface area contributed by atoms with Crippen LogP contribution in [0, 0.1) is 5.92 Å². The van der Waals surface area contributed by atoms with Crippen molar-refractivity contribution in [2.24, 2.45) is 5.92 Å². The molecule has 21 heavy (non-hydrogen) atoms. The molecular formula is C20H25P. The minimum Gasteiger partial charge on any atom is -0.0647 e. The molecule has 2 aromatic carbocycles. The molecule has 3 rings (SSSR count). The summed E-state index contributed by atoms with van der Waals surface area (Å²) in [7, 11) is -0.225. The van der Waals surface area contributed by atoms with E-state index in [0.29, 0.717) is 0 Å². The molecule has 0 saturated heterocycles. The van der Waals surface area contributed by atoms with Crippen molar-refractivity contribution in [1.29, 1.82) is 0 Å². The largest absolute Gasteiger partial charge is 0.0647 e. The summed E-state index contributed by atoms with van der Waals surface area (Å²) in [6, 6.07) is 22.5. The van der Waals surface area contributed by atoms with Gasteiger partial charge in [-0.2, -0.15) is 0 Å². The molecule has 1 aliphatic carbocycles. The SMILES string of the molecule is CCC(C1CCCC1)P(c1ccccc1)c1ccccc1. The van der Waals surface area contributed by atoms with Gasteiger partial charge in [0, 0.05) is 0 Å². The fraction of sp³-hybridized carbons (Fsp3) is 0.400. The Morgan fingerprint density at radius 1 is 0.857 bits per heavy atom. The van der Waals surface area contributed by atoms with E-state index in [1.54, 1.807) is 10.6 Å². The van der Waals surface area contributed by atoms with E-state index in [9.17, 15) is 0 Å². The first-order chi connectivity index (χ1) is 10.4. The number of rotatable bonds is 5. The molecule has 110 valence electrons. The molecule has 1 saturated carbocycles. The second-order valence-electron chi connectivity index (χ2n) is 6.06. The lowest BCUT2D eigenvalue weighted by Gasteiger charge is -2.32. The maximum atomic E-state index is 2.39. The van der Waals surface area contributed by atoms with Crippen LogP contribution < -0.4 is 10.6 Å². The highest BCUT2D eigenvalue weighted by Crippen LogP contribution is 2.48. The second kappa shape index (κ2) is 7.23. The molecule has 0 aliphatic heterocycles. The van der Waals surface area contributed by atoms with Crippen LogP contribution in [-0.2, 0) is 0 Å². The number of benzene rings is 2. The molecule has 0 aromatic heterocycles. The van der Waals surface area contributed by atoms with Crippen LogP contribution in [0.25, 0.3) is 0 Å². The summed E-state index contributed by atoms with van der Waals surface area (Å²) < 4.78 is 0. The fourth-order valence-electron chi connectivity index (χ4n) is 3.78. The molecule has 1 unspecified atom stereocenters. The molecule has 1 fully saturated rings. The molecule has 1 aliphatic rings. The summed E-state index contributed by atoms with van der Waals surface area (Å²) in [4.78, 5) is 0. The van der Waals surface area contributed by atoms with Crippen molar-refractivity contribution in [2.45, 2.75) is 44.7 Å². The standard InChI is InChI=1S/C20H25P/c1-2-20(17-11-9-10-12-17)21(18-13-5-3-6-14-18)19-15-7-4-8-16-19/h3-8,13-17,20H,2,9-12H2,1H3. The lowest BCUT2D eigenvalue weighted by atomic mass is 10.0. The minimum absolute atomic E-state index is 0.225. The van der Waals surface area contributed by atoms with Gasteiger partial charge < -0.3 is 0 Å².